The van der Waals surface area contributed by atoms with Crippen LogP contribution < -0.4 is 0 Å². The number of esters is 1. The maximum atomic E-state index is 11.6. The molecule has 0 amide bonds. The van der Waals surface area contributed by atoms with E-state index in [9.17, 15) is 4.79 Å². The zero-order chi connectivity index (χ0) is 11.2. The lowest BCUT2D eigenvalue weighted by Crippen LogP contribution is -2.29. The molecule has 2 bridgehead atoms. The van der Waals surface area contributed by atoms with Gasteiger partial charge in [-0.3, -0.25) is 4.79 Å². The first-order chi connectivity index (χ1) is 6.93. The fourth-order valence-corrected chi connectivity index (χ4v) is 3.37. The van der Waals surface area contributed by atoms with Crippen LogP contribution in [0.2, 0.25) is 0 Å². The second kappa shape index (κ2) is 3.50. The van der Waals surface area contributed by atoms with Crippen LogP contribution >= 0.6 is 0 Å². The Labute approximate surface area is 92.4 Å². The van der Waals surface area contributed by atoms with Gasteiger partial charge in [-0.25, -0.2) is 0 Å². The zero-order valence-corrected chi connectivity index (χ0v) is 10.2. The summed E-state index contributed by atoms with van der Waals surface area (Å²) in [5.74, 6) is 1.35. The molecule has 2 aliphatic rings. The Morgan fingerprint density at radius 1 is 1.33 bits per heavy atom. The maximum Gasteiger partial charge on any atom is 0.308 e. The summed E-state index contributed by atoms with van der Waals surface area (Å²) in [6, 6.07) is 0. The highest BCUT2D eigenvalue weighted by Crippen LogP contribution is 2.58. The number of hydrogen-bond acceptors (Lipinski definition) is 2. The van der Waals surface area contributed by atoms with Crippen molar-refractivity contribution in [3.63, 3.8) is 0 Å². The molecule has 2 heteroatoms. The summed E-state index contributed by atoms with van der Waals surface area (Å²) in [7, 11) is 0. The minimum Gasteiger partial charge on any atom is -0.462 e. The molecule has 0 heterocycles. The van der Waals surface area contributed by atoms with Gasteiger partial charge in [-0.05, 0) is 30.6 Å². The number of fused-ring (bicyclic) bond motifs is 2. The van der Waals surface area contributed by atoms with E-state index in [1.54, 1.807) is 0 Å². The fraction of sp³-hybridized carbons (Fsp3) is 0.923. The lowest BCUT2D eigenvalue weighted by molar-refractivity contribution is -0.155. The van der Waals surface area contributed by atoms with Gasteiger partial charge in [-0.2, -0.15) is 0 Å². The number of ether oxygens (including phenoxy) is 1. The van der Waals surface area contributed by atoms with Crippen LogP contribution in [0.5, 0.6) is 0 Å². The van der Waals surface area contributed by atoms with E-state index >= 15 is 0 Å². The van der Waals surface area contributed by atoms with E-state index in [4.69, 9.17) is 4.74 Å². The van der Waals surface area contributed by atoms with Gasteiger partial charge in [0.25, 0.3) is 0 Å². The SMILES string of the molecule is CC(C)C(=O)O[C@H]1C[C@H]2CC[C@@H]1C2(C)C. The van der Waals surface area contributed by atoms with Gasteiger partial charge in [0.15, 0.2) is 0 Å². The van der Waals surface area contributed by atoms with Gasteiger partial charge in [-0.15, -0.1) is 0 Å². The largest absolute Gasteiger partial charge is 0.462 e. The first kappa shape index (κ1) is 11.0. The predicted molar refractivity (Wildman–Crippen MR) is 59.3 cm³/mol. The van der Waals surface area contributed by atoms with Gasteiger partial charge < -0.3 is 4.74 Å². The molecule has 2 nitrogen and oxygen atoms in total. The summed E-state index contributed by atoms with van der Waals surface area (Å²) in [4.78, 5) is 11.6. The Morgan fingerprint density at radius 3 is 2.40 bits per heavy atom. The number of hydrogen-bond donors (Lipinski definition) is 0. The average Bonchev–Trinajstić information content (AvgIpc) is 2.54. The number of carbonyl (C=O) groups excluding carboxylic acids is 1. The first-order valence-corrected chi connectivity index (χ1v) is 6.13. The third-order valence-corrected chi connectivity index (χ3v) is 4.54. The molecule has 2 saturated carbocycles. The Hall–Kier alpha value is -0.530. The van der Waals surface area contributed by atoms with Crippen LogP contribution in [-0.4, -0.2) is 12.1 Å². The first-order valence-electron chi connectivity index (χ1n) is 6.13. The van der Waals surface area contributed by atoms with Gasteiger partial charge in [0.2, 0.25) is 0 Å². The second-order valence-electron chi connectivity index (χ2n) is 6.07. The normalized spacial score (nSPS) is 37.3. The van der Waals surface area contributed by atoms with Gasteiger partial charge in [-0.1, -0.05) is 27.7 Å². The van der Waals surface area contributed by atoms with Crippen molar-refractivity contribution in [2.75, 3.05) is 0 Å². The summed E-state index contributed by atoms with van der Waals surface area (Å²) in [6.45, 7) is 8.47. The molecule has 0 aromatic carbocycles. The molecule has 3 atom stereocenters. The quantitative estimate of drug-likeness (QED) is 0.655. The molecule has 0 spiro atoms. The van der Waals surface area contributed by atoms with Crippen molar-refractivity contribution in [2.45, 2.75) is 53.1 Å². The lowest BCUT2D eigenvalue weighted by Gasteiger charge is -2.26. The Balaban J connectivity index is 2.01. The van der Waals surface area contributed by atoms with E-state index in [-0.39, 0.29) is 18.0 Å². The predicted octanol–water partition coefficient (Wildman–Crippen LogP) is 3.01. The van der Waals surface area contributed by atoms with Crippen LogP contribution in [0.4, 0.5) is 0 Å². The Kier molecular flexibility index (Phi) is 2.56. The molecule has 0 aromatic rings. The maximum absolute atomic E-state index is 11.6. The van der Waals surface area contributed by atoms with Crippen LogP contribution in [0.15, 0.2) is 0 Å². The van der Waals surface area contributed by atoms with Crippen LogP contribution in [-0.2, 0) is 9.53 Å². The molecular formula is C13H22O2. The van der Waals surface area contributed by atoms with Gasteiger partial charge in [0, 0.05) is 5.92 Å². The van der Waals surface area contributed by atoms with E-state index in [1.165, 1.54) is 12.8 Å². The summed E-state index contributed by atoms with van der Waals surface area (Å²) in [5, 5.41) is 0. The van der Waals surface area contributed by atoms with Crippen molar-refractivity contribution in [3.8, 4) is 0 Å². The molecule has 0 N–H and O–H groups in total. The third kappa shape index (κ3) is 1.68. The summed E-state index contributed by atoms with van der Waals surface area (Å²) >= 11 is 0. The van der Waals surface area contributed by atoms with Crippen molar-refractivity contribution < 1.29 is 9.53 Å². The van der Waals surface area contributed by atoms with Crippen molar-refractivity contribution in [1.82, 2.24) is 0 Å². The minimum atomic E-state index is -0.0247. The molecule has 0 aromatic heterocycles. The summed E-state index contributed by atoms with van der Waals surface area (Å²) in [6.07, 6.45) is 3.87. The lowest BCUT2D eigenvalue weighted by atomic mass is 9.82. The molecule has 0 unspecified atom stereocenters. The molecule has 15 heavy (non-hydrogen) atoms. The molecule has 0 radical (unpaired) electrons. The Bertz CT molecular complexity index is 268. The van der Waals surface area contributed by atoms with E-state index in [0.717, 1.165) is 12.3 Å². The standard InChI is InChI=1S/C13H22O2/c1-8(2)12(14)15-11-7-9-5-6-10(11)13(9,3)4/h8-11H,5-7H2,1-4H3/t9-,10+,11+/m1/s1. The Morgan fingerprint density at radius 2 is 2.00 bits per heavy atom. The van der Waals surface area contributed by atoms with Crippen LogP contribution in [0.25, 0.3) is 0 Å². The molecule has 2 fully saturated rings. The number of rotatable bonds is 2. The highest BCUT2D eigenvalue weighted by Gasteiger charge is 2.54. The van der Waals surface area contributed by atoms with E-state index in [2.05, 4.69) is 13.8 Å². The summed E-state index contributed by atoms with van der Waals surface area (Å²) < 4.78 is 5.60. The topological polar surface area (TPSA) is 26.3 Å². The van der Waals surface area contributed by atoms with Gasteiger partial charge in [0.1, 0.15) is 6.10 Å². The smallest absolute Gasteiger partial charge is 0.308 e. The highest BCUT2D eigenvalue weighted by atomic mass is 16.5. The average molecular weight is 210 g/mol. The van der Waals surface area contributed by atoms with Crippen molar-refractivity contribution in [3.05, 3.63) is 0 Å². The van der Waals surface area contributed by atoms with Crippen LogP contribution in [0, 0.1) is 23.2 Å². The van der Waals surface area contributed by atoms with E-state index in [0.29, 0.717) is 11.3 Å². The second-order valence-corrected chi connectivity index (χ2v) is 6.07. The molecule has 86 valence electrons. The minimum absolute atomic E-state index is 0.00670. The monoisotopic (exact) mass is 210 g/mol. The zero-order valence-electron chi connectivity index (χ0n) is 10.2. The molecule has 2 rings (SSSR count). The van der Waals surface area contributed by atoms with Gasteiger partial charge in [0.05, 0.1) is 5.92 Å². The molecular weight excluding hydrogens is 188 g/mol. The van der Waals surface area contributed by atoms with Crippen LogP contribution in [0.3, 0.4) is 0 Å². The summed E-state index contributed by atoms with van der Waals surface area (Å²) in [5.41, 5.74) is 0.391. The molecule has 2 aliphatic carbocycles. The van der Waals surface area contributed by atoms with Crippen LogP contribution in [0.1, 0.15) is 47.0 Å². The van der Waals surface area contributed by atoms with Crippen molar-refractivity contribution in [1.29, 1.82) is 0 Å². The van der Waals surface area contributed by atoms with Crippen molar-refractivity contribution in [2.24, 2.45) is 23.2 Å². The van der Waals surface area contributed by atoms with Crippen molar-refractivity contribution >= 4 is 5.97 Å². The molecule has 0 aliphatic heterocycles. The van der Waals surface area contributed by atoms with E-state index < -0.39 is 0 Å². The number of carbonyl (C=O) groups is 1. The fourth-order valence-electron chi connectivity index (χ4n) is 3.37. The third-order valence-electron chi connectivity index (χ3n) is 4.54. The highest BCUT2D eigenvalue weighted by molar-refractivity contribution is 5.71. The molecule has 0 saturated heterocycles. The van der Waals surface area contributed by atoms with Gasteiger partial charge >= 0.3 is 5.97 Å². The van der Waals surface area contributed by atoms with E-state index in [1.807, 2.05) is 13.8 Å².